The van der Waals surface area contributed by atoms with Gasteiger partial charge in [-0.15, -0.1) is 0 Å². The molecule has 2 rings (SSSR count). The van der Waals surface area contributed by atoms with E-state index in [0.29, 0.717) is 17.1 Å². The van der Waals surface area contributed by atoms with Crippen LogP contribution in [0.2, 0.25) is 0 Å². The second-order valence-electron chi connectivity index (χ2n) is 4.24. The number of carbonyl (C=O) groups is 1. The highest BCUT2D eigenvalue weighted by molar-refractivity contribution is 5.88. The summed E-state index contributed by atoms with van der Waals surface area (Å²) in [4.78, 5) is 22.3. The summed E-state index contributed by atoms with van der Waals surface area (Å²) in [5.74, 6) is 0.871. The first-order valence-electron chi connectivity index (χ1n) is 5.76. The zero-order valence-electron chi connectivity index (χ0n) is 11.0. The highest BCUT2D eigenvalue weighted by Crippen LogP contribution is 2.32. The second kappa shape index (κ2) is 5.14. The van der Waals surface area contributed by atoms with Crippen molar-refractivity contribution in [2.45, 2.75) is 13.8 Å². The number of fused-ring (bicyclic) bond motifs is 1. The van der Waals surface area contributed by atoms with Gasteiger partial charge in [0.1, 0.15) is 23.7 Å². The molecule has 5 nitrogen and oxygen atoms in total. The summed E-state index contributed by atoms with van der Waals surface area (Å²) in [6.07, 6.45) is 0. The molecular weight excluding hydrogens is 248 g/mol. The molecule has 0 radical (unpaired) electrons. The molecule has 0 aliphatic heterocycles. The zero-order valence-corrected chi connectivity index (χ0v) is 11.0. The van der Waals surface area contributed by atoms with E-state index in [4.69, 9.17) is 13.9 Å². The zero-order chi connectivity index (χ0) is 14.0. The van der Waals surface area contributed by atoms with Crippen molar-refractivity contribution in [3.63, 3.8) is 0 Å². The Morgan fingerprint density at radius 2 is 2.05 bits per heavy atom. The lowest BCUT2D eigenvalue weighted by molar-refractivity contribution is -0.118. The van der Waals surface area contributed by atoms with E-state index >= 15 is 0 Å². The summed E-state index contributed by atoms with van der Waals surface area (Å²) in [5, 5.41) is 0.720. The van der Waals surface area contributed by atoms with E-state index in [1.54, 1.807) is 19.1 Å². The lowest BCUT2D eigenvalue weighted by atomic mass is 10.1. The Morgan fingerprint density at radius 1 is 1.32 bits per heavy atom. The van der Waals surface area contributed by atoms with Gasteiger partial charge in [0.2, 0.25) is 0 Å². The van der Waals surface area contributed by atoms with Gasteiger partial charge in [-0.3, -0.25) is 4.79 Å². The molecule has 1 heterocycles. The molecule has 0 aliphatic rings. The number of aryl methyl sites for hydroxylation is 1. The van der Waals surface area contributed by atoms with Crippen LogP contribution in [0.3, 0.4) is 0 Å². The maximum absolute atomic E-state index is 11.4. The highest BCUT2D eigenvalue weighted by atomic mass is 16.5. The topological polar surface area (TPSA) is 65.7 Å². The highest BCUT2D eigenvalue weighted by Gasteiger charge is 2.11. The average molecular weight is 262 g/mol. The number of carbonyl (C=O) groups excluding carboxylic acids is 1. The quantitative estimate of drug-likeness (QED) is 0.789. The molecule has 0 bridgehead atoms. The smallest absolute Gasteiger partial charge is 0.336 e. The van der Waals surface area contributed by atoms with E-state index in [-0.39, 0.29) is 12.4 Å². The number of benzene rings is 1. The fourth-order valence-corrected chi connectivity index (χ4v) is 1.85. The minimum Gasteiger partial charge on any atom is -0.496 e. The van der Waals surface area contributed by atoms with E-state index in [2.05, 4.69) is 0 Å². The van der Waals surface area contributed by atoms with E-state index < -0.39 is 5.63 Å². The molecule has 1 aromatic carbocycles. The molecule has 0 saturated carbocycles. The summed E-state index contributed by atoms with van der Waals surface area (Å²) in [6, 6.07) is 4.65. The van der Waals surface area contributed by atoms with Crippen LogP contribution < -0.4 is 15.1 Å². The van der Waals surface area contributed by atoms with Crippen LogP contribution in [-0.2, 0) is 4.79 Å². The lowest BCUT2D eigenvalue weighted by Crippen LogP contribution is -2.07. The van der Waals surface area contributed by atoms with Gasteiger partial charge in [-0.2, -0.15) is 0 Å². The van der Waals surface area contributed by atoms with Gasteiger partial charge in [0.15, 0.2) is 5.78 Å². The van der Waals surface area contributed by atoms with Gasteiger partial charge in [0.25, 0.3) is 0 Å². The summed E-state index contributed by atoms with van der Waals surface area (Å²) < 4.78 is 15.7. The van der Waals surface area contributed by atoms with Crippen molar-refractivity contribution in [2.75, 3.05) is 13.7 Å². The number of methoxy groups -OCH3 is 1. The molecule has 5 heteroatoms. The molecule has 1 aromatic heterocycles. The Kier molecular flexibility index (Phi) is 3.55. The number of ether oxygens (including phenoxy) is 2. The van der Waals surface area contributed by atoms with Crippen molar-refractivity contribution in [2.24, 2.45) is 0 Å². The predicted octanol–water partition coefficient (Wildman–Crippen LogP) is 2.08. The first-order chi connectivity index (χ1) is 9.01. The largest absolute Gasteiger partial charge is 0.496 e. The third-order valence-corrected chi connectivity index (χ3v) is 2.64. The molecule has 0 aliphatic carbocycles. The van der Waals surface area contributed by atoms with Gasteiger partial charge in [0, 0.05) is 18.2 Å². The van der Waals surface area contributed by atoms with Crippen LogP contribution >= 0.6 is 0 Å². The summed E-state index contributed by atoms with van der Waals surface area (Å²) in [5.41, 5.74) is 0.708. The Morgan fingerprint density at radius 3 is 2.68 bits per heavy atom. The minimum absolute atomic E-state index is 0.0370. The van der Waals surface area contributed by atoms with Gasteiger partial charge in [-0.1, -0.05) is 0 Å². The van der Waals surface area contributed by atoms with Crippen molar-refractivity contribution in [3.05, 3.63) is 34.2 Å². The van der Waals surface area contributed by atoms with Crippen LogP contribution in [-0.4, -0.2) is 19.5 Å². The van der Waals surface area contributed by atoms with E-state index in [0.717, 1.165) is 10.9 Å². The van der Waals surface area contributed by atoms with Crippen LogP contribution in [0.25, 0.3) is 11.0 Å². The molecule has 19 heavy (non-hydrogen) atoms. The number of rotatable bonds is 4. The maximum Gasteiger partial charge on any atom is 0.336 e. The van der Waals surface area contributed by atoms with Crippen LogP contribution in [0.5, 0.6) is 11.5 Å². The van der Waals surface area contributed by atoms with E-state index in [1.807, 2.05) is 0 Å². The number of Topliss-reactive ketones (excluding diaryl/α,β-unsaturated/α-hetero) is 1. The van der Waals surface area contributed by atoms with Gasteiger partial charge in [0.05, 0.1) is 12.5 Å². The van der Waals surface area contributed by atoms with Crippen molar-refractivity contribution < 1.29 is 18.7 Å². The molecule has 0 fully saturated rings. The molecule has 0 atom stereocenters. The van der Waals surface area contributed by atoms with E-state index in [9.17, 15) is 9.59 Å². The monoisotopic (exact) mass is 262 g/mol. The minimum atomic E-state index is -0.434. The molecule has 100 valence electrons. The Hall–Kier alpha value is -2.30. The first kappa shape index (κ1) is 13.1. The average Bonchev–Trinajstić information content (AvgIpc) is 2.34. The lowest BCUT2D eigenvalue weighted by Gasteiger charge is -2.10. The maximum atomic E-state index is 11.4. The molecule has 2 aromatic rings. The Bertz CT molecular complexity index is 684. The standard InChI is InChI=1S/C14H14O5/c1-8-4-13(16)19-12-6-10(18-7-9(2)15)5-11(17-3)14(8)12/h4-6H,7H2,1-3H3. The normalized spacial score (nSPS) is 10.5. The third-order valence-electron chi connectivity index (χ3n) is 2.64. The van der Waals surface area contributed by atoms with Gasteiger partial charge < -0.3 is 13.9 Å². The van der Waals surface area contributed by atoms with Crippen LogP contribution in [0.15, 0.2) is 27.4 Å². The van der Waals surface area contributed by atoms with Crippen LogP contribution in [0, 0.1) is 6.92 Å². The van der Waals surface area contributed by atoms with Crippen molar-refractivity contribution in [1.82, 2.24) is 0 Å². The molecule has 0 N–H and O–H groups in total. The predicted molar refractivity (Wildman–Crippen MR) is 69.9 cm³/mol. The van der Waals surface area contributed by atoms with Gasteiger partial charge in [-0.25, -0.2) is 4.79 Å². The fraction of sp³-hybridized carbons (Fsp3) is 0.286. The SMILES string of the molecule is COc1cc(OCC(C)=O)cc2oc(=O)cc(C)c12. The molecule has 0 unspecified atom stereocenters. The molecule has 0 saturated heterocycles. The fourth-order valence-electron chi connectivity index (χ4n) is 1.85. The molecule has 0 spiro atoms. The first-order valence-corrected chi connectivity index (χ1v) is 5.76. The van der Waals surface area contributed by atoms with Crippen molar-refractivity contribution in [3.8, 4) is 11.5 Å². The Balaban J connectivity index is 2.58. The number of hydrogen-bond acceptors (Lipinski definition) is 5. The molecular formula is C14H14O5. The number of hydrogen-bond donors (Lipinski definition) is 0. The van der Waals surface area contributed by atoms with Crippen LogP contribution in [0.4, 0.5) is 0 Å². The van der Waals surface area contributed by atoms with Crippen molar-refractivity contribution >= 4 is 16.8 Å². The van der Waals surface area contributed by atoms with Gasteiger partial charge >= 0.3 is 5.63 Å². The summed E-state index contributed by atoms with van der Waals surface area (Å²) in [7, 11) is 1.52. The van der Waals surface area contributed by atoms with Crippen LogP contribution in [0.1, 0.15) is 12.5 Å². The van der Waals surface area contributed by atoms with E-state index in [1.165, 1.54) is 20.1 Å². The summed E-state index contributed by atoms with van der Waals surface area (Å²) >= 11 is 0. The summed E-state index contributed by atoms with van der Waals surface area (Å²) in [6.45, 7) is 3.20. The second-order valence-corrected chi connectivity index (χ2v) is 4.24. The third kappa shape index (κ3) is 2.76. The molecule has 0 amide bonds. The number of ketones is 1. The Labute approximate surface area is 109 Å². The van der Waals surface area contributed by atoms with Gasteiger partial charge in [-0.05, 0) is 19.4 Å². The van der Waals surface area contributed by atoms with Crippen molar-refractivity contribution in [1.29, 1.82) is 0 Å².